The zero-order chi connectivity index (χ0) is 27.2. The third kappa shape index (κ3) is 6.39. The fourth-order valence-electron chi connectivity index (χ4n) is 4.57. The Morgan fingerprint density at radius 3 is 2.37 bits per heavy atom. The Labute approximate surface area is 222 Å². The standard InChI is InChI=1S/C30H32N4O4/c1-18-11-19(2)28(20(3)12-18)29(35)34-26(30(36)37)13-21-5-7-22(8-6-21)23-14-24(32-16-23)17-33-27-15-25(38-4)9-10-31-27/h5-12,14-16,26,32H,13,17H2,1-4H3,(H,31,33)(H,34,35)(H,36,37). The first-order valence-corrected chi connectivity index (χ1v) is 12.4. The van der Waals surface area contributed by atoms with Gasteiger partial charge in [0.15, 0.2) is 0 Å². The lowest BCUT2D eigenvalue weighted by Gasteiger charge is -2.17. The average molecular weight is 513 g/mol. The smallest absolute Gasteiger partial charge is 0.326 e. The molecule has 0 spiro atoms. The molecule has 0 bridgehead atoms. The number of hydrogen-bond donors (Lipinski definition) is 4. The summed E-state index contributed by atoms with van der Waals surface area (Å²) in [6, 6.07) is 16.2. The number of hydrogen-bond acceptors (Lipinski definition) is 5. The minimum atomic E-state index is -1.07. The number of H-pyrrole nitrogens is 1. The van der Waals surface area contributed by atoms with Crippen LogP contribution in [0.15, 0.2) is 67.0 Å². The highest BCUT2D eigenvalue weighted by molar-refractivity contribution is 5.99. The number of anilines is 1. The lowest BCUT2D eigenvalue weighted by molar-refractivity contribution is -0.139. The van der Waals surface area contributed by atoms with Gasteiger partial charge in [-0.15, -0.1) is 0 Å². The molecule has 0 aliphatic rings. The molecule has 0 saturated heterocycles. The number of nitrogens with one attached hydrogen (secondary N) is 3. The van der Waals surface area contributed by atoms with E-state index < -0.39 is 12.0 Å². The second-order valence-electron chi connectivity index (χ2n) is 9.39. The Kier molecular flexibility index (Phi) is 8.11. The number of benzene rings is 2. The molecule has 4 rings (SSSR count). The van der Waals surface area contributed by atoms with Crippen LogP contribution < -0.4 is 15.4 Å². The van der Waals surface area contributed by atoms with Gasteiger partial charge in [-0.2, -0.15) is 0 Å². The van der Waals surface area contributed by atoms with Crippen molar-refractivity contribution >= 4 is 17.7 Å². The molecule has 8 heteroatoms. The summed E-state index contributed by atoms with van der Waals surface area (Å²) in [7, 11) is 1.62. The first-order chi connectivity index (χ1) is 18.2. The van der Waals surface area contributed by atoms with E-state index in [0.29, 0.717) is 12.1 Å². The van der Waals surface area contributed by atoms with Crippen molar-refractivity contribution in [3.05, 3.63) is 101 Å². The maximum Gasteiger partial charge on any atom is 0.326 e. The number of carbonyl (C=O) groups is 2. The third-order valence-corrected chi connectivity index (χ3v) is 6.40. The van der Waals surface area contributed by atoms with Gasteiger partial charge in [-0.05, 0) is 60.7 Å². The molecule has 8 nitrogen and oxygen atoms in total. The van der Waals surface area contributed by atoms with Crippen LogP contribution in [-0.4, -0.2) is 40.1 Å². The first kappa shape index (κ1) is 26.5. The number of pyridine rings is 1. The second kappa shape index (κ2) is 11.6. The molecular weight excluding hydrogens is 480 g/mol. The molecule has 0 saturated carbocycles. The lowest BCUT2D eigenvalue weighted by atomic mass is 9.98. The summed E-state index contributed by atoms with van der Waals surface area (Å²) in [4.78, 5) is 32.4. The molecule has 2 heterocycles. The molecule has 1 amide bonds. The van der Waals surface area contributed by atoms with E-state index in [1.807, 2.05) is 69.4 Å². The minimum absolute atomic E-state index is 0.182. The zero-order valence-electron chi connectivity index (χ0n) is 22.0. The number of aromatic nitrogens is 2. The van der Waals surface area contributed by atoms with Crippen LogP contribution in [-0.2, 0) is 17.8 Å². The Bertz CT molecular complexity index is 1420. The fourth-order valence-corrected chi connectivity index (χ4v) is 4.57. The first-order valence-electron chi connectivity index (χ1n) is 12.4. The van der Waals surface area contributed by atoms with Gasteiger partial charge in [0, 0.05) is 36.1 Å². The largest absolute Gasteiger partial charge is 0.497 e. The number of aromatic amines is 1. The maximum atomic E-state index is 12.9. The highest BCUT2D eigenvalue weighted by Crippen LogP contribution is 2.23. The van der Waals surface area contributed by atoms with Gasteiger partial charge in [0.1, 0.15) is 17.6 Å². The highest BCUT2D eigenvalue weighted by Gasteiger charge is 2.23. The number of carboxylic acids is 1. The number of carbonyl (C=O) groups excluding carboxylic acids is 1. The van der Waals surface area contributed by atoms with Gasteiger partial charge in [0.05, 0.1) is 13.7 Å². The van der Waals surface area contributed by atoms with Gasteiger partial charge in [-0.1, -0.05) is 42.0 Å². The average Bonchev–Trinajstić information content (AvgIpc) is 3.36. The zero-order valence-corrected chi connectivity index (χ0v) is 22.0. The van der Waals surface area contributed by atoms with E-state index >= 15 is 0 Å². The van der Waals surface area contributed by atoms with Crippen LogP contribution in [0.3, 0.4) is 0 Å². The molecule has 2 aromatic heterocycles. The van der Waals surface area contributed by atoms with Crippen LogP contribution in [0.4, 0.5) is 5.82 Å². The molecule has 196 valence electrons. The molecule has 4 N–H and O–H groups in total. The lowest BCUT2D eigenvalue weighted by Crippen LogP contribution is -2.42. The number of methoxy groups -OCH3 is 1. The van der Waals surface area contributed by atoms with Crippen molar-refractivity contribution < 1.29 is 19.4 Å². The third-order valence-electron chi connectivity index (χ3n) is 6.40. The number of carboxylic acid groups (broad SMARTS) is 1. The van der Waals surface area contributed by atoms with Crippen LogP contribution in [0.5, 0.6) is 5.75 Å². The van der Waals surface area contributed by atoms with E-state index in [1.54, 1.807) is 19.4 Å². The van der Waals surface area contributed by atoms with Crippen molar-refractivity contribution in [2.75, 3.05) is 12.4 Å². The maximum absolute atomic E-state index is 12.9. The summed E-state index contributed by atoms with van der Waals surface area (Å²) < 4.78 is 5.23. The van der Waals surface area contributed by atoms with Gasteiger partial charge in [-0.3, -0.25) is 4.79 Å². The summed E-state index contributed by atoms with van der Waals surface area (Å²) in [5.41, 5.74) is 7.06. The SMILES string of the molecule is COc1ccnc(NCc2cc(-c3ccc(CC(NC(=O)c4c(C)cc(C)cc4C)C(=O)O)cc3)c[nH]2)c1. The molecule has 2 aromatic carbocycles. The number of aryl methyl sites for hydroxylation is 3. The van der Waals surface area contributed by atoms with Gasteiger partial charge in [0.2, 0.25) is 0 Å². The van der Waals surface area contributed by atoms with E-state index in [0.717, 1.165) is 50.6 Å². The summed E-state index contributed by atoms with van der Waals surface area (Å²) >= 11 is 0. The number of nitrogens with zero attached hydrogens (tertiary/aromatic N) is 1. The second-order valence-corrected chi connectivity index (χ2v) is 9.39. The van der Waals surface area contributed by atoms with E-state index in [-0.39, 0.29) is 12.3 Å². The van der Waals surface area contributed by atoms with Gasteiger partial charge in [-0.25, -0.2) is 9.78 Å². The molecule has 0 aliphatic carbocycles. The van der Waals surface area contributed by atoms with Crippen molar-refractivity contribution in [1.82, 2.24) is 15.3 Å². The van der Waals surface area contributed by atoms with Crippen LogP contribution in [0.25, 0.3) is 11.1 Å². The van der Waals surface area contributed by atoms with E-state index in [2.05, 4.69) is 26.7 Å². The summed E-state index contributed by atoms with van der Waals surface area (Å²) in [5.74, 6) is 0.0113. The van der Waals surface area contributed by atoms with Crippen molar-refractivity contribution in [2.24, 2.45) is 0 Å². The van der Waals surface area contributed by atoms with E-state index in [1.165, 1.54) is 0 Å². The Hall–Kier alpha value is -4.59. The molecule has 38 heavy (non-hydrogen) atoms. The molecule has 4 aromatic rings. The van der Waals surface area contributed by atoms with Gasteiger partial charge in [0.25, 0.3) is 5.91 Å². The van der Waals surface area contributed by atoms with Crippen LogP contribution >= 0.6 is 0 Å². The van der Waals surface area contributed by atoms with Crippen molar-refractivity contribution in [1.29, 1.82) is 0 Å². The number of amides is 1. The highest BCUT2D eigenvalue weighted by atomic mass is 16.5. The van der Waals surface area contributed by atoms with E-state index in [9.17, 15) is 14.7 Å². The topological polar surface area (TPSA) is 116 Å². The van der Waals surface area contributed by atoms with Crippen molar-refractivity contribution in [2.45, 2.75) is 39.8 Å². The normalized spacial score (nSPS) is 11.6. The number of ether oxygens (including phenoxy) is 1. The molecular formula is C30H32N4O4. The van der Waals surface area contributed by atoms with Crippen molar-refractivity contribution in [3.63, 3.8) is 0 Å². The van der Waals surface area contributed by atoms with Crippen molar-refractivity contribution in [3.8, 4) is 16.9 Å². The Morgan fingerprint density at radius 2 is 1.71 bits per heavy atom. The minimum Gasteiger partial charge on any atom is -0.497 e. The Morgan fingerprint density at radius 1 is 1.00 bits per heavy atom. The summed E-state index contributed by atoms with van der Waals surface area (Å²) in [6.07, 6.45) is 3.80. The molecule has 0 fully saturated rings. The van der Waals surface area contributed by atoms with E-state index in [4.69, 9.17) is 4.74 Å². The number of rotatable bonds is 10. The summed E-state index contributed by atoms with van der Waals surface area (Å²) in [5, 5.41) is 15.7. The molecule has 0 aliphatic heterocycles. The molecule has 1 atom stereocenters. The predicted octanol–water partition coefficient (Wildman–Crippen LogP) is 5.05. The monoisotopic (exact) mass is 512 g/mol. The summed E-state index contributed by atoms with van der Waals surface area (Å²) in [6.45, 7) is 6.26. The Balaban J connectivity index is 1.39. The van der Waals surface area contributed by atoms with Gasteiger partial charge >= 0.3 is 5.97 Å². The fraction of sp³-hybridized carbons (Fsp3) is 0.233. The predicted molar refractivity (Wildman–Crippen MR) is 148 cm³/mol. The molecule has 0 radical (unpaired) electrons. The van der Waals surface area contributed by atoms with Gasteiger partial charge < -0.3 is 25.5 Å². The van der Waals surface area contributed by atoms with Crippen LogP contribution in [0, 0.1) is 20.8 Å². The van der Waals surface area contributed by atoms with Crippen LogP contribution in [0.2, 0.25) is 0 Å². The molecule has 1 unspecified atom stereocenters. The number of aliphatic carboxylic acids is 1. The van der Waals surface area contributed by atoms with Crippen LogP contribution in [0.1, 0.15) is 38.3 Å². The quantitative estimate of drug-likeness (QED) is 0.236.